The van der Waals surface area contributed by atoms with E-state index in [9.17, 15) is 4.79 Å². The van der Waals surface area contributed by atoms with E-state index >= 15 is 0 Å². The van der Waals surface area contributed by atoms with Crippen molar-refractivity contribution in [3.63, 3.8) is 0 Å². The maximum absolute atomic E-state index is 11.9. The molecule has 0 saturated carbocycles. The highest BCUT2D eigenvalue weighted by Gasteiger charge is 2.15. The van der Waals surface area contributed by atoms with E-state index in [0.29, 0.717) is 17.7 Å². The van der Waals surface area contributed by atoms with Crippen LogP contribution in [0.2, 0.25) is 0 Å². The van der Waals surface area contributed by atoms with Crippen molar-refractivity contribution in [3.05, 3.63) is 36.7 Å². The van der Waals surface area contributed by atoms with Crippen molar-refractivity contribution in [1.29, 1.82) is 0 Å². The Kier molecular flexibility index (Phi) is 4.84. The molecule has 0 aliphatic rings. The Hall–Kier alpha value is -1.68. The molecular weight excluding hydrogens is 216 g/mol. The summed E-state index contributed by atoms with van der Waals surface area (Å²) in [6, 6.07) is 1.10. The number of Topliss-reactive ketones (excluding diaryl/α,β-unsaturated/α-hetero) is 1. The largest absolute Gasteiger partial charge is 0.489 e. The molecule has 0 spiro atoms. The van der Waals surface area contributed by atoms with E-state index in [2.05, 4.69) is 11.6 Å². The third-order valence-electron chi connectivity index (χ3n) is 2.13. The monoisotopic (exact) mass is 234 g/mol. The number of nitrogens with two attached hydrogens (primary N) is 1. The molecule has 0 radical (unpaired) electrons. The van der Waals surface area contributed by atoms with Gasteiger partial charge in [-0.05, 0) is 26.3 Å². The normalized spacial score (nSPS) is 12.2. The van der Waals surface area contributed by atoms with Gasteiger partial charge < -0.3 is 10.5 Å². The Morgan fingerprint density at radius 3 is 2.88 bits per heavy atom. The van der Waals surface area contributed by atoms with E-state index in [1.54, 1.807) is 18.3 Å². The van der Waals surface area contributed by atoms with E-state index in [-0.39, 0.29) is 11.9 Å². The minimum absolute atomic E-state index is 0.0454. The second-order valence-corrected chi connectivity index (χ2v) is 4.07. The number of nitrogens with zero attached hydrogens (tertiary/aromatic N) is 1. The van der Waals surface area contributed by atoms with Gasteiger partial charge in [-0.25, -0.2) is 0 Å². The predicted octanol–water partition coefficient (Wildman–Crippen LogP) is 1.95. The van der Waals surface area contributed by atoms with Gasteiger partial charge in [0.25, 0.3) is 0 Å². The Morgan fingerprint density at radius 1 is 1.59 bits per heavy atom. The van der Waals surface area contributed by atoms with Gasteiger partial charge in [-0.15, -0.1) is 6.58 Å². The molecule has 1 aromatic heterocycles. The number of rotatable bonds is 6. The molecular formula is C13H18N2O2. The molecule has 4 nitrogen and oxygen atoms in total. The number of ketones is 1. The van der Waals surface area contributed by atoms with Crippen molar-refractivity contribution in [2.45, 2.75) is 32.4 Å². The van der Waals surface area contributed by atoms with Crippen LogP contribution in [-0.2, 0) is 0 Å². The minimum atomic E-state index is -0.566. The maximum atomic E-state index is 11.9. The van der Waals surface area contributed by atoms with Crippen molar-refractivity contribution in [1.82, 2.24) is 4.98 Å². The standard InChI is InChI=1S/C13H18N2O2/c1-4-5-12(14)13(16)10-6-11(8-15-7-10)17-9(2)3/h4,6-9,12H,1,5,14H2,2-3H3. The fourth-order valence-corrected chi connectivity index (χ4v) is 1.39. The average molecular weight is 234 g/mol. The lowest BCUT2D eigenvalue weighted by Crippen LogP contribution is -2.29. The molecule has 92 valence electrons. The summed E-state index contributed by atoms with van der Waals surface area (Å²) in [7, 11) is 0. The topological polar surface area (TPSA) is 65.2 Å². The molecule has 1 rings (SSSR count). The molecule has 1 heterocycles. The Labute approximate surface area is 101 Å². The van der Waals surface area contributed by atoms with Crippen LogP contribution in [0, 0.1) is 0 Å². The van der Waals surface area contributed by atoms with Crippen LogP contribution >= 0.6 is 0 Å². The lowest BCUT2D eigenvalue weighted by Gasteiger charge is -2.11. The van der Waals surface area contributed by atoms with Gasteiger partial charge in [0, 0.05) is 11.8 Å². The summed E-state index contributed by atoms with van der Waals surface area (Å²) in [5, 5.41) is 0. The number of hydrogen-bond donors (Lipinski definition) is 1. The molecule has 1 unspecified atom stereocenters. The summed E-state index contributed by atoms with van der Waals surface area (Å²) < 4.78 is 5.47. The van der Waals surface area contributed by atoms with Crippen molar-refractivity contribution in [3.8, 4) is 5.75 Å². The fourth-order valence-electron chi connectivity index (χ4n) is 1.39. The molecule has 0 saturated heterocycles. The zero-order chi connectivity index (χ0) is 12.8. The van der Waals surface area contributed by atoms with E-state index in [1.165, 1.54) is 6.20 Å². The Balaban J connectivity index is 2.83. The first-order valence-electron chi connectivity index (χ1n) is 5.57. The van der Waals surface area contributed by atoms with E-state index in [0.717, 1.165) is 0 Å². The van der Waals surface area contributed by atoms with E-state index in [1.807, 2.05) is 13.8 Å². The first kappa shape index (κ1) is 13.4. The molecule has 0 fully saturated rings. The SMILES string of the molecule is C=CCC(N)C(=O)c1cncc(OC(C)C)c1. The second-order valence-electron chi connectivity index (χ2n) is 4.07. The van der Waals surface area contributed by atoms with Crippen LogP contribution in [0.15, 0.2) is 31.1 Å². The smallest absolute Gasteiger partial charge is 0.181 e. The zero-order valence-electron chi connectivity index (χ0n) is 10.2. The van der Waals surface area contributed by atoms with Gasteiger partial charge >= 0.3 is 0 Å². The van der Waals surface area contributed by atoms with Crippen LogP contribution < -0.4 is 10.5 Å². The van der Waals surface area contributed by atoms with Gasteiger partial charge in [0.1, 0.15) is 5.75 Å². The van der Waals surface area contributed by atoms with Crippen LogP contribution in [0.1, 0.15) is 30.6 Å². The van der Waals surface area contributed by atoms with Gasteiger partial charge in [-0.1, -0.05) is 6.08 Å². The molecule has 0 aliphatic carbocycles. The highest BCUT2D eigenvalue weighted by atomic mass is 16.5. The van der Waals surface area contributed by atoms with Crippen LogP contribution in [0.5, 0.6) is 5.75 Å². The van der Waals surface area contributed by atoms with Crippen molar-refractivity contribution in [2.75, 3.05) is 0 Å². The quantitative estimate of drug-likeness (QED) is 0.603. The van der Waals surface area contributed by atoms with E-state index < -0.39 is 6.04 Å². The lowest BCUT2D eigenvalue weighted by atomic mass is 10.0. The van der Waals surface area contributed by atoms with Gasteiger partial charge in [0.15, 0.2) is 5.78 Å². The van der Waals surface area contributed by atoms with Gasteiger partial charge in [0.2, 0.25) is 0 Å². The number of ether oxygens (including phenoxy) is 1. The molecule has 1 aromatic rings. The first-order chi connectivity index (χ1) is 8.04. The van der Waals surface area contributed by atoms with Crippen LogP contribution in [0.4, 0.5) is 0 Å². The highest BCUT2D eigenvalue weighted by molar-refractivity contribution is 6.00. The van der Waals surface area contributed by atoms with Crippen LogP contribution in [-0.4, -0.2) is 22.9 Å². The Morgan fingerprint density at radius 2 is 2.29 bits per heavy atom. The first-order valence-corrected chi connectivity index (χ1v) is 5.57. The van der Waals surface area contributed by atoms with E-state index in [4.69, 9.17) is 10.5 Å². The number of pyridine rings is 1. The summed E-state index contributed by atoms with van der Waals surface area (Å²) in [4.78, 5) is 15.9. The van der Waals surface area contributed by atoms with Crippen molar-refractivity contribution < 1.29 is 9.53 Å². The lowest BCUT2D eigenvalue weighted by molar-refractivity contribution is 0.0961. The Bertz CT molecular complexity index is 402. The van der Waals surface area contributed by atoms with Crippen LogP contribution in [0.25, 0.3) is 0 Å². The zero-order valence-corrected chi connectivity index (χ0v) is 10.2. The molecule has 1 atom stereocenters. The number of aromatic nitrogens is 1. The molecule has 2 N–H and O–H groups in total. The maximum Gasteiger partial charge on any atom is 0.181 e. The molecule has 0 aromatic carbocycles. The fraction of sp³-hybridized carbons (Fsp3) is 0.385. The summed E-state index contributed by atoms with van der Waals surface area (Å²) in [6.07, 6.45) is 5.20. The van der Waals surface area contributed by atoms with Gasteiger partial charge in [0.05, 0.1) is 18.3 Å². The third-order valence-corrected chi connectivity index (χ3v) is 2.13. The number of carbonyl (C=O) groups is 1. The molecule has 0 bridgehead atoms. The van der Waals surface area contributed by atoms with Crippen molar-refractivity contribution >= 4 is 5.78 Å². The summed E-state index contributed by atoms with van der Waals surface area (Å²) in [5.74, 6) is 0.434. The van der Waals surface area contributed by atoms with Crippen molar-refractivity contribution in [2.24, 2.45) is 5.73 Å². The molecule has 0 aliphatic heterocycles. The second kappa shape index (κ2) is 6.15. The predicted molar refractivity (Wildman–Crippen MR) is 67.1 cm³/mol. The molecule has 17 heavy (non-hydrogen) atoms. The number of hydrogen-bond acceptors (Lipinski definition) is 4. The minimum Gasteiger partial charge on any atom is -0.489 e. The number of carbonyl (C=O) groups excluding carboxylic acids is 1. The summed E-state index contributed by atoms with van der Waals surface area (Å²) >= 11 is 0. The van der Waals surface area contributed by atoms with Gasteiger partial charge in [-0.2, -0.15) is 0 Å². The highest BCUT2D eigenvalue weighted by Crippen LogP contribution is 2.14. The average Bonchev–Trinajstić information content (AvgIpc) is 2.28. The summed E-state index contributed by atoms with van der Waals surface area (Å²) in [5.41, 5.74) is 6.19. The van der Waals surface area contributed by atoms with Crippen LogP contribution in [0.3, 0.4) is 0 Å². The summed E-state index contributed by atoms with van der Waals surface area (Å²) in [6.45, 7) is 7.39. The molecule has 0 amide bonds. The third kappa shape index (κ3) is 4.00. The van der Waals surface area contributed by atoms with Gasteiger partial charge in [-0.3, -0.25) is 9.78 Å². The molecule has 4 heteroatoms.